The van der Waals surface area contributed by atoms with Crippen LogP contribution in [0.3, 0.4) is 0 Å². The molecule has 0 radical (unpaired) electrons. The first-order valence-electron chi connectivity index (χ1n) is 5.14. The fraction of sp³-hybridized carbons (Fsp3) is 0.417. The molecule has 3 nitrogen and oxygen atoms in total. The summed E-state index contributed by atoms with van der Waals surface area (Å²) in [6.07, 6.45) is 0. The molecule has 0 aliphatic rings. The highest BCUT2D eigenvalue weighted by Crippen LogP contribution is 2.18. The summed E-state index contributed by atoms with van der Waals surface area (Å²) in [6, 6.07) is 5.25. The number of carbonyl (C=O) groups excluding carboxylic acids is 1. The fourth-order valence-electron chi connectivity index (χ4n) is 1.13. The molecule has 5 heteroatoms. The number of halogens is 2. The Morgan fingerprint density at radius 2 is 2.18 bits per heavy atom. The maximum absolute atomic E-state index is 12.0. The summed E-state index contributed by atoms with van der Waals surface area (Å²) in [5, 5.41) is 3.39. The first-order chi connectivity index (χ1) is 7.85. The third-order valence-corrected chi connectivity index (χ3v) is 3.58. The number of hydrogen-bond donors (Lipinski definition) is 1. The number of amides is 1. The molecule has 0 aromatic heterocycles. The van der Waals surface area contributed by atoms with E-state index in [9.17, 15) is 4.79 Å². The molecule has 0 saturated heterocycles. The molecule has 0 unspecified atom stereocenters. The van der Waals surface area contributed by atoms with Gasteiger partial charge in [-0.1, -0.05) is 11.6 Å². The van der Waals surface area contributed by atoms with Gasteiger partial charge in [0, 0.05) is 22.2 Å². The van der Waals surface area contributed by atoms with Crippen LogP contribution in [0.15, 0.2) is 18.2 Å². The molecule has 1 N–H and O–H groups in total. The van der Waals surface area contributed by atoms with Gasteiger partial charge in [-0.3, -0.25) is 4.79 Å². The monoisotopic (exact) mass is 367 g/mol. The molecule has 1 aromatic carbocycles. The maximum Gasteiger partial charge on any atom is 0.252 e. The van der Waals surface area contributed by atoms with Gasteiger partial charge in [0.05, 0.1) is 11.2 Å². The van der Waals surface area contributed by atoms with Crippen molar-refractivity contribution in [1.82, 2.24) is 5.32 Å². The van der Waals surface area contributed by atoms with Gasteiger partial charge in [0.1, 0.15) is 0 Å². The Bertz CT molecular complexity index is 421. The molecule has 0 spiro atoms. The van der Waals surface area contributed by atoms with E-state index in [2.05, 4.69) is 27.9 Å². The van der Waals surface area contributed by atoms with E-state index in [1.807, 2.05) is 19.9 Å². The summed E-state index contributed by atoms with van der Waals surface area (Å²) < 4.78 is 6.11. The van der Waals surface area contributed by atoms with Crippen LogP contribution in [0.4, 0.5) is 0 Å². The normalized spacial score (nSPS) is 11.4. The van der Waals surface area contributed by atoms with Crippen LogP contribution in [0.2, 0.25) is 5.02 Å². The van der Waals surface area contributed by atoms with Crippen molar-refractivity contribution in [3.63, 3.8) is 0 Å². The topological polar surface area (TPSA) is 38.3 Å². The molecular weight excluding hydrogens is 352 g/mol. The Balaban J connectivity index is 2.74. The van der Waals surface area contributed by atoms with Crippen LogP contribution in [0.1, 0.15) is 24.2 Å². The van der Waals surface area contributed by atoms with Gasteiger partial charge in [-0.05, 0) is 54.6 Å². The zero-order valence-corrected chi connectivity index (χ0v) is 12.9. The van der Waals surface area contributed by atoms with Crippen molar-refractivity contribution in [1.29, 1.82) is 0 Å². The number of nitrogens with one attached hydrogen (secondary N) is 1. The Morgan fingerprint density at radius 3 is 2.76 bits per heavy atom. The second-order valence-corrected chi connectivity index (χ2v) is 5.87. The third-order valence-electron chi connectivity index (χ3n) is 2.40. The molecule has 0 fully saturated rings. The minimum Gasteiger partial charge on any atom is -0.377 e. The molecule has 0 atom stereocenters. The summed E-state index contributed by atoms with van der Waals surface area (Å²) in [4.78, 5) is 12.0. The summed E-state index contributed by atoms with van der Waals surface area (Å²) in [5.41, 5.74) is 0.213. The molecule has 0 saturated carbocycles. The molecule has 1 rings (SSSR count). The van der Waals surface area contributed by atoms with Gasteiger partial charge < -0.3 is 10.1 Å². The zero-order chi connectivity index (χ0) is 13.1. The van der Waals surface area contributed by atoms with Crippen LogP contribution in [-0.4, -0.2) is 25.2 Å². The van der Waals surface area contributed by atoms with Crippen LogP contribution in [-0.2, 0) is 4.74 Å². The molecule has 0 bridgehead atoms. The summed E-state index contributed by atoms with van der Waals surface area (Å²) >= 11 is 7.98. The van der Waals surface area contributed by atoms with Gasteiger partial charge in [0.2, 0.25) is 0 Å². The van der Waals surface area contributed by atoms with E-state index in [1.54, 1.807) is 19.2 Å². The predicted molar refractivity (Wildman–Crippen MR) is 77.6 cm³/mol. The van der Waals surface area contributed by atoms with Crippen LogP contribution in [0.25, 0.3) is 0 Å². The maximum atomic E-state index is 12.0. The molecular formula is C12H15ClINO2. The van der Waals surface area contributed by atoms with E-state index >= 15 is 0 Å². The highest BCUT2D eigenvalue weighted by Gasteiger charge is 2.18. The number of hydrogen-bond acceptors (Lipinski definition) is 2. The minimum absolute atomic E-state index is 0.137. The van der Waals surface area contributed by atoms with E-state index in [0.29, 0.717) is 17.1 Å². The van der Waals surface area contributed by atoms with E-state index in [1.165, 1.54) is 0 Å². The molecule has 0 aliphatic carbocycles. The van der Waals surface area contributed by atoms with Crippen LogP contribution >= 0.6 is 34.2 Å². The first kappa shape index (κ1) is 14.7. The fourth-order valence-corrected chi connectivity index (χ4v) is 1.88. The predicted octanol–water partition coefficient (Wildman–Crippen LogP) is 3.10. The van der Waals surface area contributed by atoms with Gasteiger partial charge in [0.15, 0.2) is 0 Å². The number of methoxy groups -OCH3 is 1. The van der Waals surface area contributed by atoms with Crippen molar-refractivity contribution in [2.75, 3.05) is 13.7 Å². The lowest BCUT2D eigenvalue weighted by Gasteiger charge is -2.23. The van der Waals surface area contributed by atoms with Crippen LogP contribution < -0.4 is 5.32 Å². The number of ether oxygens (including phenoxy) is 1. The Kier molecular flexibility index (Phi) is 5.22. The lowest BCUT2D eigenvalue weighted by molar-refractivity contribution is 0.0228. The average molecular weight is 368 g/mol. The molecule has 1 aromatic rings. The number of carbonyl (C=O) groups is 1. The van der Waals surface area contributed by atoms with Gasteiger partial charge >= 0.3 is 0 Å². The quantitative estimate of drug-likeness (QED) is 0.831. The van der Waals surface area contributed by atoms with E-state index < -0.39 is 0 Å². The third kappa shape index (κ3) is 4.44. The molecule has 0 heterocycles. The number of benzene rings is 1. The minimum atomic E-state index is -0.375. The van der Waals surface area contributed by atoms with E-state index in [-0.39, 0.29) is 11.5 Å². The zero-order valence-electron chi connectivity index (χ0n) is 10.0. The Morgan fingerprint density at radius 1 is 1.53 bits per heavy atom. The number of rotatable bonds is 4. The SMILES string of the molecule is COC(C)(C)CNC(=O)c1cc(Cl)ccc1I. The van der Waals surface area contributed by atoms with Crippen molar-refractivity contribution in [2.45, 2.75) is 19.4 Å². The van der Waals surface area contributed by atoms with Gasteiger partial charge in [-0.25, -0.2) is 0 Å². The van der Waals surface area contributed by atoms with Crippen LogP contribution in [0, 0.1) is 3.57 Å². The van der Waals surface area contributed by atoms with Crippen LogP contribution in [0.5, 0.6) is 0 Å². The van der Waals surface area contributed by atoms with Gasteiger partial charge in [0.25, 0.3) is 5.91 Å². The highest BCUT2D eigenvalue weighted by molar-refractivity contribution is 14.1. The molecule has 0 aliphatic heterocycles. The Hall–Kier alpha value is -0.330. The molecule has 17 heavy (non-hydrogen) atoms. The highest BCUT2D eigenvalue weighted by atomic mass is 127. The Labute approximate surface area is 120 Å². The van der Waals surface area contributed by atoms with Gasteiger partial charge in [-0.2, -0.15) is 0 Å². The lowest BCUT2D eigenvalue weighted by atomic mass is 10.1. The lowest BCUT2D eigenvalue weighted by Crippen LogP contribution is -2.39. The van der Waals surface area contributed by atoms with Gasteiger partial charge in [-0.15, -0.1) is 0 Å². The van der Waals surface area contributed by atoms with Crippen molar-refractivity contribution < 1.29 is 9.53 Å². The second kappa shape index (κ2) is 6.02. The standard InChI is InChI=1S/C12H15ClINO2/c1-12(2,17-3)7-15-11(16)9-6-8(13)4-5-10(9)14/h4-6H,7H2,1-3H3,(H,15,16). The first-order valence-corrected chi connectivity index (χ1v) is 6.60. The van der Waals surface area contributed by atoms with Crippen molar-refractivity contribution in [3.8, 4) is 0 Å². The van der Waals surface area contributed by atoms with Crippen molar-refractivity contribution >= 4 is 40.1 Å². The summed E-state index contributed by atoms with van der Waals surface area (Å²) in [5.74, 6) is -0.137. The van der Waals surface area contributed by atoms with E-state index in [4.69, 9.17) is 16.3 Å². The smallest absolute Gasteiger partial charge is 0.252 e. The van der Waals surface area contributed by atoms with Crippen molar-refractivity contribution in [2.24, 2.45) is 0 Å². The van der Waals surface area contributed by atoms with Crippen molar-refractivity contribution in [3.05, 3.63) is 32.4 Å². The largest absolute Gasteiger partial charge is 0.377 e. The van der Waals surface area contributed by atoms with E-state index in [0.717, 1.165) is 3.57 Å². The summed E-state index contributed by atoms with van der Waals surface area (Å²) in [7, 11) is 1.62. The second-order valence-electron chi connectivity index (χ2n) is 4.27. The molecule has 94 valence electrons. The summed E-state index contributed by atoms with van der Waals surface area (Å²) in [6.45, 7) is 4.28. The molecule has 1 amide bonds. The average Bonchev–Trinajstić information content (AvgIpc) is 2.29.